The van der Waals surface area contributed by atoms with Gasteiger partial charge in [0.15, 0.2) is 0 Å². The lowest BCUT2D eigenvalue weighted by Gasteiger charge is -2.09. The lowest BCUT2D eigenvalue weighted by Crippen LogP contribution is -1.90. The second-order valence-corrected chi connectivity index (χ2v) is 3.93. The largest absolute Gasteiger partial charge is 0.392 e. The number of aliphatic hydroxyl groups excluding tert-OH is 1. The summed E-state index contributed by atoms with van der Waals surface area (Å²) in [6, 6.07) is 18.3. The maximum Gasteiger partial charge on any atom is 0.0682 e. The molecule has 0 aliphatic heterocycles. The van der Waals surface area contributed by atoms with Crippen LogP contribution in [-0.4, -0.2) is 5.11 Å². The molecule has 0 saturated carbocycles. The second kappa shape index (κ2) is 5.46. The molecule has 0 aromatic heterocycles. The van der Waals surface area contributed by atoms with Gasteiger partial charge in [-0.1, -0.05) is 54.6 Å². The molecular formula is C16H16O. The number of aliphatic hydroxyl groups is 1. The Morgan fingerprint density at radius 1 is 1.00 bits per heavy atom. The Kier molecular flexibility index (Phi) is 3.73. The highest BCUT2D eigenvalue weighted by Crippen LogP contribution is 2.23. The molecule has 0 unspecified atom stereocenters. The maximum atomic E-state index is 9.17. The molecule has 0 spiro atoms. The first kappa shape index (κ1) is 11.6. The van der Waals surface area contributed by atoms with Crippen molar-refractivity contribution in [3.05, 3.63) is 77.4 Å². The molecule has 2 aromatic rings. The van der Waals surface area contributed by atoms with Crippen molar-refractivity contribution >= 4 is 5.57 Å². The molecule has 17 heavy (non-hydrogen) atoms. The zero-order valence-electron chi connectivity index (χ0n) is 9.93. The van der Waals surface area contributed by atoms with Gasteiger partial charge in [-0.05, 0) is 35.3 Å². The minimum Gasteiger partial charge on any atom is -0.392 e. The van der Waals surface area contributed by atoms with Crippen molar-refractivity contribution in [2.75, 3.05) is 0 Å². The molecule has 0 saturated heterocycles. The molecule has 0 atom stereocenters. The van der Waals surface area contributed by atoms with Crippen molar-refractivity contribution in [2.45, 2.75) is 13.5 Å². The van der Waals surface area contributed by atoms with Crippen LogP contribution in [0.1, 0.15) is 23.6 Å². The van der Waals surface area contributed by atoms with Crippen LogP contribution in [0.15, 0.2) is 60.7 Å². The van der Waals surface area contributed by atoms with Crippen LogP contribution in [0.5, 0.6) is 0 Å². The molecular weight excluding hydrogens is 208 g/mol. The predicted molar refractivity (Wildman–Crippen MR) is 71.6 cm³/mol. The molecule has 1 heteroatoms. The summed E-state index contributed by atoms with van der Waals surface area (Å²) >= 11 is 0. The van der Waals surface area contributed by atoms with E-state index in [1.165, 1.54) is 11.1 Å². The average Bonchev–Trinajstić information content (AvgIpc) is 2.41. The molecule has 2 aromatic carbocycles. The fourth-order valence-corrected chi connectivity index (χ4v) is 1.95. The third-order valence-electron chi connectivity index (χ3n) is 2.79. The van der Waals surface area contributed by atoms with Crippen LogP contribution in [0.4, 0.5) is 0 Å². The molecule has 0 aliphatic carbocycles. The molecule has 86 valence electrons. The highest BCUT2D eigenvalue weighted by molar-refractivity contribution is 5.79. The molecule has 0 fully saturated rings. The van der Waals surface area contributed by atoms with Gasteiger partial charge in [-0.25, -0.2) is 0 Å². The fraction of sp³-hybridized carbons (Fsp3) is 0.125. The van der Waals surface area contributed by atoms with Gasteiger partial charge in [0.25, 0.3) is 0 Å². The third kappa shape index (κ3) is 2.63. The quantitative estimate of drug-likeness (QED) is 0.844. The van der Waals surface area contributed by atoms with Gasteiger partial charge in [0.2, 0.25) is 0 Å². The zero-order valence-corrected chi connectivity index (χ0v) is 9.93. The van der Waals surface area contributed by atoms with E-state index >= 15 is 0 Å². The van der Waals surface area contributed by atoms with Crippen molar-refractivity contribution < 1.29 is 5.11 Å². The summed E-state index contributed by atoms with van der Waals surface area (Å²) in [5.74, 6) is 0. The third-order valence-corrected chi connectivity index (χ3v) is 2.79. The van der Waals surface area contributed by atoms with E-state index in [9.17, 15) is 0 Å². The first-order valence-electron chi connectivity index (χ1n) is 5.77. The Labute approximate surface area is 102 Å². The summed E-state index contributed by atoms with van der Waals surface area (Å²) in [6.07, 6.45) is 2.10. The van der Waals surface area contributed by atoms with E-state index < -0.39 is 0 Å². The fourth-order valence-electron chi connectivity index (χ4n) is 1.95. The normalized spacial score (nSPS) is 11.5. The predicted octanol–water partition coefficient (Wildman–Crippen LogP) is 3.63. The molecule has 1 N–H and O–H groups in total. The van der Waals surface area contributed by atoms with Crippen molar-refractivity contribution in [3.63, 3.8) is 0 Å². The summed E-state index contributed by atoms with van der Waals surface area (Å²) in [4.78, 5) is 0. The Hall–Kier alpha value is -1.86. The first-order valence-corrected chi connectivity index (χ1v) is 5.77. The summed E-state index contributed by atoms with van der Waals surface area (Å²) in [6.45, 7) is 2.12. The van der Waals surface area contributed by atoms with Crippen LogP contribution in [0.25, 0.3) is 5.57 Å². The minimum absolute atomic E-state index is 0.0830. The summed E-state index contributed by atoms with van der Waals surface area (Å²) in [5, 5.41) is 9.17. The number of hydrogen-bond donors (Lipinski definition) is 1. The van der Waals surface area contributed by atoms with Gasteiger partial charge in [0, 0.05) is 0 Å². The van der Waals surface area contributed by atoms with Crippen molar-refractivity contribution in [3.8, 4) is 0 Å². The molecule has 0 bridgehead atoms. The molecule has 0 heterocycles. The van der Waals surface area contributed by atoms with Gasteiger partial charge < -0.3 is 5.11 Å². The van der Waals surface area contributed by atoms with Crippen molar-refractivity contribution in [2.24, 2.45) is 0 Å². The molecule has 2 rings (SSSR count). The Bertz CT molecular complexity index is 512. The highest BCUT2D eigenvalue weighted by atomic mass is 16.3. The lowest BCUT2D eigenvalue weighted by atomic mass is 9.96. The molecule has 0 aliphatic rings. The average molecular weight is 224 g/mol. The number of allylic oxidation sites excluding steroid dienone is 1. The number of hydrogen-bond acceptors (Lipinski definition) is 1. The van der Waals surface area contributed by atoms with E-state index in [4.69, 9.17) is 5.11 Å². The van der Waals surface area contributed by atoms with Crippen molar-refractivity contribution in [1.29, 1.82) is 0 Å². The van der Waals surface area contributed by atoms with E-state index in [2.05, 4.69) is 24.3 Å². The Morgan fingerprint density at radius 2 is 1.71 bits per heavy atom. The van der Waals surface area contributed by atoms with Crippen LogP contribution >= 0.6 is 0 Å². The summed E-state index contributed by atoms with van der Waals surface area (Å²) < 4.78 is 0. The van der Waals surface area contributed by atoms with Gasteiger partial charge in [-0.15, -0.1) is 0 Å². The zero-order chi connectivity index (χ0) is 12.1. The van der Waals surface area contributed by atoms with Crippen LogP contribution in [0.2, 0.25) is 0 Å². The molecule has 1 nitrogen and oxygen atoms in total. The Balaban J connectivity index is 2.43. The van der Waals surface area contributed by atoms with Crippen LogP contribution < -0.4 is 0 Å². The van der Waals surface area contributed by atoms with Gasteiger partial charge in [-0.2, -0.15) is 0 Å². The molecule has 0 radical (unpaired) electrons. The number of benzene rings is 2. The van der Waals surface area contributed by atoms with Gasteiger partial charge in [-0.3, -0.25) is 0 Å². The van der Waals surface area contributed by atoms with Crippen LogP contribution in [-0.2, 0) is 6.61 Å². The Morgan fingerprint density at radius 3 is 2.35 bits per heavy atom. The maximum absolute atomic E-state index is 9.17. The highest BCUT2D eigenvalue weighted by Gasteiger charge is 2.03. The van der Waals surface area contributed by atoms with E-state index in [1.54, 1.807) is 0 Å². The van der Waals surface area contributed by atoms with Crippen LogP contribution in [0, 0.1) is 0 Å². The summed E-state index contributed by atoms with van der Waals surface area (Å²) in [7, 11) is 0. The monoisotopic (exact) mass is 224 g/mol. The van der Waals surface area contributed by atoms with Gasteiger partial charge >= 0.3 is 0 Å². The smallest absolute Gasteiger partial charge is 0.0682 e. The van der Waals surface area contributed by atoms with Crippen molar-refractivity contribution in [1.82, 2.24) is 0 Å². The van der Waals surface area contributed by atoms with Gasteiger partial charge in [0.1, 0.15) is 0 Å². The van der Waals surface area contributed by atoms with E-state index in [0.717, 1.165) is 11.1 Å². The van der Waals surface area contributed by atoms with E-state index in [1.807, 2.05) is 43.3 Å². The number of rotatable bonds is 3. The standard InChI is InChI=1S/C16H16O/c1-2-16(14-8-4-3-5-9-14)15-10-6-7-13(11-15)12-17/h2-11,17H,12H2,1H3. The second-order valence-electron chi connectivity index (χ2n) is 3.93. The SMILES string of the molecule is CC=C(c1ccccc1)c1cccc(CO)c1. The topological polar surface area (TPSA) is 20.2 Å². The van der Waals surface area contributed by atoms with E-state index in [0.29, 0.717) is 0 Å². The van der Waals surface area contributed by atoms with Gasteiger partial charge in [0.05, 0.1) is 6.61 Å². The first-order chi connectivity index (χ1) is 8.35. The lowest BCUT2D eigenvalue weighted by molar-refractivity contribution is 0.282. The summed E-state index contributed by atoms with van der Waals surface area (Å²) in [5.41, 5.74) is 4.48. The van der Waals surface area contributed by atoms with E-state index in [-0.39, 0.29) is 6.61 Å². The minimum atomic E-state index is 0.0830. The van der Waals surface area contributed by atoms with Crippen LogP contribution in [0.3, 0.4) is 0 Å². The molecule has 0 amide bonds.